The molecule has 0 radical (unpaired) electrons. The van der Waals surface area contributed by atoms with Crippen molar-refractivity contribution in [2.45, 2.75) is 19.6 Å². The topological polar surface area (TPSA) is 76.1 Å². The average Bonchev–Trinajstić information content (AvgIpc) is 2.57. The van der Waals surface area contributed by atoms with Crippen LogP contribution in [0.3, 0.4) is 0 Å². The van der Waals surface area contributed by atoms with Gasteiger partial charge < -0.3 is 10.1 Å². The highest BCUT2D eigenvalue weighted by molar-refractivity contribution is 5.40. The molecule has 1 atom stereocenters. The van der Waals surface area contributed by atoms with E-state index < -0.39 is 0 Å². The van der Waals surface area contributed by atoms with E-state index in [2.05, 4.69) is 30.2 Å². The summed E-state index contributed by atoms with van der Waals surface area (Å²) in [6, 6.07) is 0. The highest BCUT2D eigenvalue weighted by Gasteiger charge is 2.25. The largest absolute Gasteiger partial charge is 0.372 e. The molecule has 22 heavy (non-hydrogen) atoms. The van der Waals surface area contributed by atoms with Gasteiger partial charge in [0, 0.05) is 57.0 Å². The zero-order valence-corrected chi connectivity index (χ0v) is 12.9. The van der Waals surface area contributed by atoms with Crippen molar-refractivity contribution >= 4 is 5.82 Å². The highest BCUT2D eigenvalue weighted by atomic mass is 16.5. The predicted molar refractivity (Wildman–Crippen MR) is 82.3 cm³/mol. The first-order valence-corrected chi connectivity index (χ1v) is 7.36. The minimum atomic E-state index is -0.0729. The summed E-state index contributed by atoms with van der Waals surface area (Å²) in [5.41, 5.74) is 1.97. The second-order valence-electron chi connectivity index (χ2n) is 5.27. The fraction of sp³-hybridized carbons (Fsp3) is 0.467. The molecule has 3 rings (SSSR count). The van der Waals surface area contributed by atoms with Crippen molar-refractivity contribution in [3.63, 3.8) is 0 Å². The standard InChI is InChI=1S/C15H20N6O/c1-11-19-7-12(8-20-11)9-21-5-6-22-13(10-21)14-15(16-2)18-4-3-17-14/h3-4,7-8,13H,5-6,9-10H2,1-2H3,(H,16,18)/t13-/m0/s1. The molecule has 0 saturated carbocycles. The van der Waals surface area contributed by atoms with E-state index in [4.69, 9.17) is 4.74 Å². The molecule has 1 saturated heterocycles. The monoisotopic (exact) mass is 300 g/mol. The van der Waals surface area contributed by atoms with Gasteiger partial charge in [-0.3, -0.25) is 9.88 Å². The summed E-state index contributed by atoms with van der Waals surface area (Å²) in [7, 11) is 1.84. The number of hydrogen-bond donors (Lipinski definition) is 1. The summed E-state index contributed by atoms with van der Waals surface area (Å²) in [5.74, 6) is 1.56. The van der Waals surface area contributed by atoms with E-state index in [1.807, 2.05) is 26.4 Å². The van der Waals surface area contributed by atoms with Gasteiger partial charge in [0.1, 0.15) is 23.4 Å². The van der Waals surface area contributed by atoms with E-state index in [0.29, 0.717) is 6.61 Å². The molecular formula is C15H20N6O. The van der Waals surface area contributed by atoms with Crippen LogP contribution in [0.1, 0.15) is 23.2 Å². The van der Waals surface area contributed by atoms with E-state index in [1.165, 1.54) is 0 Å². The number of morpholine rings is 1. The van der Waals surface area contributed by atoms with Crippen LogP contribution in [0.4, 0.5) is 5.82 Å². The summed E-state index contributed by atoms with van der Waals surface area (Å²) >= 11 is 0. The van der Waals surface area contributed by atoms with Gasteiger partial charge in [-0.25, -0.2) is 15.0 Å². The highest BCUT2D eigenvalue weighted by Crippen LogP contribution is 2.25. The van der Waals surface area contributed by atoms with E-state index in [-0.39, 0.29) is 6.10 Å². The van der Waals surface area contributed by atoms with Crippen LogP contribution in [0.25, 0.3) is 0 Å². The molecule has 1 aliphatic heterocycles. The number of hydrogen-bond acceptors (Lipinski definition) is 7. The maximum Gasteiger partial charge on any atom is 0.150 e. The first kappa shape index (κ1) is 14.8. The number of anilines is 1. The Labute approximate surface area is 129 Å². The third kappa shape index (κ3) is 3.37. The summed E-state index contributed by atoms with van der Waals surface area (Å²) in [6.07, 6.45) is 7.07. The van der Waals surface area contributed by atoms with Crippen LogP contribution >= 0.6 is 0 Å². The average molecular weight is 300 g/mol. The van der Waals surface area contributed by atoms with Gasteiger partial charge in [0.05, 0.1) is 6.61 Å². The van der Waals surface area contributed by atoms with Gasteiger partial charge in [0.2, 0.25) is 0 Å². The van der Waals surface area contributed by atoms with E-state index in [0.717, 1.165) is 42.5 Å². The minimum absolute atomic E-state index is 0.0729. The number of aromatic nitrogens is 4. The molecular weight excluding hydrogens is 280 g/mol. The Kier molecular flexibility index (Phi) is 4.55. The summed E-state index contributed by atoms with van der Waals surface area (Å²) in [6.45, 7) is 5.05. The van der Waals surface area contributed by atoms with Gasteiger partial charge in [-0.15, -0.1) is 0 Å². The normalized spacial score (nSPS) is 19.1. The van der Waals surface area contributed by atoms with Crippen LogP contribution in [0, 0.1) is 6.92 Å². The van der Waals surface area contributed by atoms with Crippen molar-refractivity contribution in [3.05, 3.63) is 41.9 Å². The molecule has 2 aromatic rings. The lowest BCUT2D eigenvalue weighted by molar-refractivity contribution is -0.0348. The molecule has 7 heteroatoms. The van der Waals surface area contributed by atoms with Crippen LogP contribution in [0.5, 0.6) is 0 Å². The molecule has 0 amide bonds. The zero-order chi connectivity index (χ0) is 15.4. The number of nitrogens with zero attached hydrogens (tertiary/aromatic N) is 5. The SMILES string of the molecule is CNc1nccnc1[C@@H]1CN(Cc2cnc(C)nc2)CCO1. The molecule has 116 valence electrons. The van der Waals surface area contributed by atoms with Crippen molar-refractivity contribution in [2.75, 3.05) is 32.1 Å². The number of nitrogens with one attached hydrogen (secondary N) is 1. The quantitative estimate of drug-likeness (QED) is 0.909. The first-order chi connectivity index (χ1) is 10.8. The Morgan fingerprint density at radius 3 is 2.77 bits per heavy atom. The van der Waals surface area contributed by atoms with Gasteiger partial charge in [0.25, 0.3) is 0 Å². The third-order valence-corrected chi connectivity index (χ3v) is 3.66. The Morgan fingerprint density at radius 2 is 2.00 bits per heavy atom. The Bertz CT molecular complexity index is 618. The van der Waals surface area contributed by atoms with Crippen LogP contribution in [0.2, 0.25) is 0 Å². The van der Waals surface area contributed by atoms with Crippen molar-refractivity contribution in [3.8, 4) is 0 Å². The molecule has 2 aromatic heterocycles. The maximum absolute atomic E-state index is 5.88. The second-order valence-corrected chi connectivity index (χ2v) is 5.27. The fourth-order valence-electron chi connectivity index (χ4n) is 2.55. The molecule has 0 aromatic carbocycles. The lowest BCUT2D eigenvalue weighted by Gasteiger charge is -2.32. The number of aryl methyl sites for hydroxylation is 1. The molecule has 1 aliphatic rings. The predicted octanol–water partition coefficient (Wildman–Crippen LogP) is 1.19. The van der Waals surface area contributed by atoms with Gasteiger partial charge in [-0.05, 0) is 6.92 Å². The van der Waals surface area contributed by atoms with Gasteiger partial charge in [0.15, 0.2) is 0 Å². The van der Waals surface area contributed by atoms with Crippen LogP contribution in [-0.2, 0) is 11.3 Å². The van der Waals surface area contributed by atoms with E-state index in [9.17, 15) is 0 Å². The van der Waals surface area contributed by atoms with Gasteiger partial charge >= 0.3 is 0 Å². The molecule has 7 nitrogen and oxygen atoms in total. The van der Waals surface area contributed by atoms with Crippen molar-refractivity contribution in [1.29, 1.82) is 0 Å². The Morgan fingerprint density at radius 1 is 1.23 bits per heavy atom. The zero-order valence-electron chi connectivity index (χ0n) is 12.9. The lowest BCUT2D eigenvalue weighted by atomic mass is 10.2. The van der Waals surface area contributed by atoms with Crippen molar-refractivity contribution < 1.29 is 4.74 Å². The molecule has 0 bridgehead atoms. The summed E-state index contributed by atoms with van der Waals surface area (Å²) < 4.78 is 5.88. The van der Waals surface area contributed by atoms with Crippen LogP contribution in [-0.4, -0.2) is 51.6 Å². The smallest absolute Gasteiger partial charge is 0.150 e. The van der Waals surface area contributed by atoms with Crippen molar-refractivity contribution in [2.24, 2.45) is 0 Å². The van der Waals surface area contributed by atoms with Gasteiger partial charge in [-0.1, -0.05) is 0 Å². The maximum atomic E-state index is 5.88. The molecule has 0 aliphatic carbocycles. The number of rotatable bonds is 4. The second kappa shape index (κ2) is 6.76. The molecule has 1 N–H and O–H groups in total. The first-order valence-electron chi connectivity index (χ1n) is 7.36. The van der Waals surface area contributed by atoms with E-state index >= 15 is 0 Å². The fourth-order valence-corrected chi connectivity index (χ4v) is 2.55. The Hall–Kier alpha value is -2.12. The minimum Gasteiger partial charge on any atom is -0.372 e. The molecule has 0 unspecified atom stereocenters. The van der Waals surface area contributed by atoms with Gasteiger partial charge in [-0.2, -0.15) is 0 Å². The number of ether oxygens (including phenoxy) is 1. The Balaban J connectivity index is 1.70. The lowest BCUT2D eigenvalue weighted by Crippen LogP contribution is -2.38. The van der Waals surface area contributed by atoms with Crippen LogP contribution < -0.4 is 5.32 Å². The third-order valence-electron chi connectivity index (χ3n) is 3.66. The summed E-state index contributed by atoms with van der Waals surface area (Å²) in [5, 5.41) is 3.07. The molecule has 1 fully saturated rings. The van der Waals surface area contributed by atoms with Crippen LogP contribution in [0.15, 0.2) is 24.8 Å². The summed E-state index contributed by atoms with van der Waals surface area (Å²) in [4.78, 5) is 19.5. The molecule has 3 heterocycles. The van der Waals surface area contributed by atoms with Crippen molar-refractivity contribution in [1.82, 2.24) is 24.8 Å². The van der Waals surface area contributed by atoms with E-state index in [1.54, 1.807) is 12.4 Å². The molecule has 0 spiro atoms.